The highest BCUT2D eigenvalue weighted by molar-refractivity contribution is 6.42. The molecule has 2 aromatic carbocycles. The molecule has 0 amide bonds. The highest BCUT2D eigenvalue weighted by atomic mass is 35.5. The number of benzene rings is 2. The van der Waals surface area contributed by atoms with Gasteiger partial charge in [0.25, 0.3) is 0 Å². The van der Waals surface area contributed by atoms with E-state index >= 15 is 0 Å². The Morgan fingerprint density at radius 2 is 1.71 bits per heavy atom. The molecule has 0 unspecified atom stereocenters. The molecule has 0 atom stereocenters. The summed E-state index contributed by atoms with van der Waals surface area (Å²) >= 11 is 12.0. The molecule has 0 aliphatic carbocycles. The maximum absolute atomic E-state index is 6.03. The quantitative estimate of drug-likeness (QED) is 0.684. The van der Waals surface area contributed by atoms with E-state index in [2.05, 4.69) is 19.2 Å². The van der Waals surface area contributed by atoms with Gasteiger partial charge in [-0.2, -0.15) is 0 Å². The maximum atomic E-state index is 6.03. The molecule has 0 fully saturated rings. The first-order chi connectivity index (χ1) is 11.5. The van der Waals surface area contributed by atoms with Gasteiger partial charge >= 0.3 is 0 Å². The highest BCUT2D eigenvalue weighted by Gasteiger charge is 2.07. The van der Waals surface area contributed by atoms with E-state index in [9.17, 15) is 0 Å². The maximum Gasteiger partial charge on any atom is 0.161 e. The summed E-state index contributed by atoms with van der Waals surface area (Å²) in [5, 5.41) is 4.48. The SMILES string of the molecule is COc1cc(CNCC(C)C)ccc1OCc1ccc(Cl)c(Cl)c1. The minimum Gasteiger partial charge on any atom is -0.493 e. The third kappa shape index (κ3) is 5.59. The molecular formula is C19H23Cl2NO2. The van der Waals surface area contributed by atoms with Crippen LogP contribution in [-0.4, -0.2) is 13.7 Å². The normalized spacial score (nSPS) is 10.9. The fourth-order valence-electron chi connectivity index (χ4n) is 2.24. The van der Waals surface area contributed by atoms with E-state index in [1.165, 1.54) is 0 Å². The molecule has 0 aliphatic rings. The number of nitrogens with one attached hydrogen (secondary N) is 1. The van der Waals surface area contributed by atoms with Gasteiger partial charge in [-0.15, -0.1) is 0 Å². The van der Waals surface area contributed by atoms with Crippen molar-refractivity contribution < 1.29 is 9.47 Å². The number of hydrogen-bond acceptors (Lipinski definition) is 3. The van der Waals surface area contributed by atoms with E-state index in [1.54, 1.807) is 19.2 Å². The molecule has 0 saturated carbocycles. The van der Waals surface area contributed by atoms with Gasteiger partial charge in [0, 0.05) is 6.54 Å². The van der Waals surface area contributed by atoms with Crippen LogP contribution < -0.4 is 14.8 Å². The lowest BCUT2D eigenvalue weighted by molar-refractivity contribution is 0.284. The van der Waals surface area contributed by atoms with E-state index in [0.29, 0.717) is 28.3 Å². The molecule has 5 heteroatoms. The molecule has 0 aromatic heterocycles. The number of hydrogen-bond donors (Lipinski definition) is 1. The Morgan fingerprint density at radius 3 is 2.38 bits per heavy atom. The summed E-state index contributed by atoms with van der Waals surface area (Å²) in [6.07, 6.45) is 0. The van der Waals surface area contributed by atoms with E-state index in [-0.39, 0.29) is 0 Å². The van der Waals surface area contributed by atoms with Crippen LogP contribution in [0.15, 0.2) is 36.4 Å². The van der Waals surface area contributed by atoms with Gasteiger partial charge in [0.15, 0.2) is 11.5 Å². The van der Waals surface area contributed by atoms with Gasteiger partial charge in [0.1, 0.15) is 6.61 Å². The molecule has 0 aliphatic heterocycles. The Morgan fingerprint density at radius 1 is 0.958 bits per heavy atom. The van der Waals surface area contributed by atoms with Crippen molar-refractivity contribution in [2.45, 2.75) is 27.0 Å². The van der Waals surface area contributed by atoms with E-state index in [0.717, 1.165) is 30.0 Å². The van der Waals surface area contributed by atoms with Gasteiger partial charge in [-0.1, -0.05) is 49.2 Å². The van der Waals surface area contributed by atoms with Crippen LogP contribution in [0.1, 0.15) is 25.0 Å². The molecule has 0 saturated heterocycles. The standard InChI is InChI=1S/C19H23Cl2NO2/c1-13(2)10-22-11-14-5-7-18(19(9-14)23-3)24-12-15-4-6-16(20)17(21)8-15/h4-9,13,22H,10-12H2,1-3H3. The summed E-state index contributed by atoms with van der Waals surface area (Å²) < 4.78 is 11.3. The molecule has 1 N–H and O–H groups in total. The van der Waals surface area contributed by atoms with Crippen molar-refractivity contribution in [3.63, 3.8) is 0 Å². The number of methoxy groups -OCH3 is 1. The molecule has 3 nitrogen and oxygen atoms in total. The summed E-state index contributed by atoms with van der Waals surface area (Å²) in [5.41, 5.74) is 2.11. The van der Waals surface area contributed by atoms with E-state index in [1.807, 2.05) is 24.3 Å². The summed E-state index contributed by atoms with van der Waals surface area (Å²) in [6, 6.07) is 11.4. The second-order valence-corrected chi connectivity index (χ2v) is 6.86. The average Bonchev–Trinajstić information content (AvgIpc) is 2.56. The third-order valence-electron chi connectivity index (χ3n) is 3.49. The van der Waals surface area contributed by atoms with E-state index in [4.69, 9.17) is 32.7 Å². The van der Waals surface area contributed by atoms with Crippen LogP contribution in [-0.2, 0) is 13.2 Å². The lowest BCUT2D eigenvalue weighted by Crippen LogP contribution is -2.18. The summed E-state index contributed by atoms with van der Waals surface area (Å²) in [6.45, 7) is 6.57. The van der Waals surface area contributed by atoms with Crippen molar-refractivity contribution in [2.75, 3.05) is 13.7 Å². The first-order valence-corrected chi connectivity index (χ1v) is 8.69. The van der Waals surface area contributed by atoms with Crippen LogP contribution in [0.4, 0.5) is 0 Å². The largest absolute Gasteiger partial charge is 0.493 e. The molecular weight excluding hydrogens is 345 g/mol. The van der Waals surface area contributed by atoms with Crippen LogP contribution >= 0.6 is 23.2 Å². The van der Waals surface area contributed by atoms with Gasteiger partial charge in [0.05, 0.1) is 17.2 Å². The first kappa shape index (κ1) is 18.9. The van der Waals surface area contributed by atoms with Crippen LogP contribution in [0.25, 0.3) is 0 Å². The Bertz CT molecular complexity index is 674. The molecule has 0 bridgehead atoms. The Balaban J connectivity index is 2.00. The second-order valence-electron chi connectivity index (χ2n) is 6.05. The monoisotopic (exact) mass is 367 g/mol. The molecule has 0 heterocycles. The topological polar surface area (TPSA) is 30.5 Å². The van der Waals surface area contributed by atoms with Gasteiger partial charge in [-0.3, -0.25) is 0 Å². The van der Waals surface area contributed by atoms with Crippen molar-refractivity contribution in [3.8, 4) is 11.5 Å². The van der Waals surface area contributed by atoms with Crippen molar-refractivity contribution >= 4 is 23.2 Å². The fraction of sp³-hybridized carbons (Fsp3) is 0.368. The fourth-order valence-corrected chi connectivity index (χ4v) is 2.56. The Labute approximate surface area is 153 Å². The van der Waals surface area contributed by atoms with Crippen LogP contribution in [0.2, 0.25) is 10.0 Å². The number of ether oxygens (including phenoxy) is 2. The molecule has 0 spiro atoms. The highest BCUT2D eigenvalue weighted by Crippen LogP contribution is 2.29. The zero-order valence-electron chi connectivity index (χ0n) is 14.2. The summed E-state index contributed by atoms with van der Waals surface area (Å²) in [5.74, 6) is 2.05. The molecule has 130 valence electrons. The first-order valence-electron chi connectivity index (χ1n) is 7.94. The lowest BCUT2D eigenvalue weighted by Gasteiger charge is -2.13. The van der Waals surface area contributed by atoms with Crippen molar-refractivity contribution in [1.82, 2.24) is 5.32 Å². The Hall–Kier alpha value is -1.42. The molecule has 2 rings (SSSR count). The van der Waals surface area contributed by atoms with Crippen LogP contribution in [0, 0.1) is 5.92 Å². The van der Waals surface area contributed by atoms with Gasteiger partial charge in [-0.05, 0) is 47.9 Å². The molecule has 2 aromatic rings. The molecule has 0 radical (unpaired) electrons. The lowest BCUT2D eigenvalue weighted by atomic mass is 10.1. The number of halogens is 2. The third-order valence-corrected chi connectivity index (χ3v) is 4.23. The molecule has 24 heavy (non-hydrogen) atoms. The van der Waals surface area contributed by atoms with Crippen LogP contribution in [0.3, 0.4) is 0 Å². The smallest absolute Gasteiger partial charge is 0.161 e. The predicted octanol–water partition coefficient (Wildman–Crippen LogP) is 5.33. The minimum absolute atomic E-state index is 0.401. The van der Waals surface area contributed by atoms with Crippen molar-refractivity contribution in [2.24, 2.45) is 5.92 Å². The Kier molecular flexibility index (Phi) is 7.22. The average molecular weight is 368 g/mol. The van der Waals surface area contributed by atoms with Crippen molar-refractivity contribution in [1.29, 1.82) is 0 Å². The zero-order chi connectivity index (χ0) is 17.5. The number of rotatable bonds is 8. The second kappa shape index (κ2) is 9.16. The van der Waals surface area contributed by atoms with Crippen molar-refractivity contribution in [3.05, 3.63) is 57.6 Å². The van der Waals surface area contributed by atoms with E-state index < -0.39 is 0 Å². The van der Waals surface area contributed by atoms with Crippen LogP contribution in [0.5, 0.6) is 11.5 Å². The summed E-state index contributed by atoms with van der Waals surface area (Å²) in [4.78, 5) is 0. The van der Waals surface area contributed by atoms with Gasteiger partial charge in [0.2, 0.25) is 0 Å². The summed E-state index contributed by atoms with van der Waals surface area (Å²) in [7, 11) is 1.65. The van der Waals surface area contributed by atoms with Gasteiger partial charge < -0.3 is 14.8 Å². The zero-order valence-corrected chi connectivity index (χ0v) is 15.7. The van der Waals surface area contributed by atoms with Gasteiger partial charge in [-0.25, -0.2) is 0 Å². The predicted molar refractivity (Wildman–Crippen MR) is 100 cm³/mol. The minimum atomic E-state index is 0.401.